The fraction of sp³-hybridized carbons (Fsp3) is 0.545. The van der Waals surface area contributed by atoms with Crippen molar-refractivity contribution < 1.29 is 0 Å². The van der Waals surface area contributed by atoms with Gasteiger partial charge in [0.25, 0.3) is 0 Å². The van der Waals surface area contributed by atoms with Gasteiger partial charge in [-0.15, -0.1) is 0 Å². The zero-order valence-corrected chi connectivity index (χ0v) is 15.6. The Morgan fingerprint density at radius 2 is 1.74 bits per heavy atom. The van der Waals surface area contributed by atoms with Crippen LogP contribution in [0.1, 0.15) is 76.8 Å². The first-order valence-electron chi connectivity index (χ1n) is 9.24. The second-order valence-electron chi connectivity index (χ2n) is 6.69. The molecule has 2 N–H and O–H groups in total. The first-order chi connectivity index (χ1) is 11.0. The minimum Gasteiger partial charge on any atom is -0.399 e. The van der Waals surface area contributed by atoms with Crippen LogP contribution in [-0.2, 0) is 0 Å². The van der Waals surface area contributed by atoms with E-state index in [0.29, 0.717) is 11.6 Å². The maximum absolute atomic E-state index is 6.06. The largest absolute Gasteiger partial charge is 0.399 e. The van der Waals surface area contributed by atoms with E-state index in [-0.39, 0.29) is 0 Å². The van der Waals surface area contributed by atoms with Crippen molar-refractivity contribution in [3.05, 3.63) is 53.2 Å². The van der Waals surface area contributed by atoms with Crippen LogP contribution in [0.25, 0.3) is 5.57 Å². The molecule has 0 aliphatic carbocycles. The number of aryl methyl sites for hydroxylation is 1. The number of allylic oxidation sites excluding steroid dienone is 2. The topological polar surface area (TPSA) is 26.0 Å². The van der Waals surface area contributed by atoms with Gasteiger partial charge in [0.05, 0.1) is 0 Å². The average Bonchev–Trinajstić information content (AvgIpc) is 2.54. The number of unbranched alkanes of at least 4 members (excludes halogenated alkanes) is 4. The molecule has 1 aromatic carbocycles. The van der Waals surface area contributed by atoms with Gasteiger partial charge in [0.15, 0.2) is 0 Å². The van der Waals surface area contributed by atoms with Gasteiger partial charge < -0.3 is 5.73 Å². The molecule has 0 aromatic heterocycles. The van der Waals surface area contributed by atoms with Crippen LogP contribution in [0.15, 0.2) is 42.1 Å². The maximum Gasteiger partial charge on any atom is 0.0273 e. The molecule has 0 aliphatic rings. The van der Waals surface area contributed by atoms with Gasteiger partial charge in [0.2, 0.25) is 0 Å². The van der Waals surface area contributed by atoms with Crippen LogP contribution in [0.5, 0.6) is 0 Å². The SMILES string of the molecule is C=C(N)/C(C)=C(/c1ccccc1C)C(CC)CCCCCCC. The summed E-state index contributed by atoms with van der Waals surface area (Å²) < 4.78 is 0. The van der Waals surface area contributed by atoms with Crippen molar-refractivity contribution in [2.24, 2.45) is 11.7 Å². The molecule has 0 radical (unpaired) electrons. The van der Waals surface area contributed by atoms with Gasteiger partial charge in [-0.05, 0) is 54.9 Å². The van der Waals surface area contributed by atoms with Crippen molar-refractivity contribution in [2.75, 3.05) is 0 Å². The summed E-state index contributed by atoms with van der Waals surface area (Å²) in [5.74, 6) is 0.568. The Hall–Kier alpha value is -1.50. The Kier molecular flexibility index (Phi) is 8.76. The van der Waals surface area contributed by atoms with E-state index in [1.54, 1.807) is 0 Å². The lowest BCUT2D eigenvalue weighted by Crippen LogP contribution is -2.09. The molecule has 1 aromatic rings. The van der Waals surface area contributed by atoms with Crippen LogP contribution in [0.2, 0.25) is 0 Å². The van der Waals surface area contributed by atoms with Crippen molar-refractivity contribution >= 4 is 5.57 Å². The lowest BCUT2D eigenvalue weighted by molar-refractivity contribution is 0.521. The smallest absolute Gasteiger partial charge is 0.0273 e. The summed E-state index contributed by atoms with van der Waals surface area (Å²) >= 11 is 0. The van der Waals surface area contributed by atoms with E-state index < -0.39 is 0 Å². The minimum atomic E-state index is 0.568. The summed E-state index contributed by atoms with van der Waals surface area (Å²) in [5, 5.41) is 0. The molecular formula is C22H35N. The highest BCUT2D eigenvalue weighted by atomic mass is 14.6. The molecule has 0 amide bonds. The van der Waals surface area contributed by atoms with Gasteiger partial charge in [-0.1, -0.05) is 76.8 Å². The van der Waals surface area contributed by atoms with Gasteiger partial charge in [-0.3, -0.25) is 0 Å². The predicted molar refractivity (Wildman–Crippen MR) is 104 cm³/mol. The number of rotatable bonds is 10. The molecule has 1 rings (SSSR count). The van der Waals surface area contributed by atoms with E-state index in [9.17, 15) is 0 Å². The summed E-state index contributed by atoms with van der Waals surface area (Å²) in [5.41, 5.74) is 12.0. The zero-order chi connectivity index (χ0) is 17.2. The Morgan fingerprint density at radius 3 is 2.30 bits per heavy atom. The molecule has 0 heterocycles. The molecule has 1 heteroatoms. The van der Waals surface area contributed by atoms with E-state index in [1.807, 2.05) is 0 Å². The fourth-order valence-corrected chi connectivity index (χ4v) is 3.32. The van der Waals surface area contributed by atoms with E-state index in [0.717, 1.165) is 6.42 Å². The maximum atomic E-state index is 6.06. The summed E-state index contributed by atoms with van der Waals surface area (Å²) in [7, 11) is 0. The Morgan fingerprint density at radius 1 is 1.09 bits per heavy atom. The third kappa shape index (κ3) is 5.89. The third-order valence-electron chi connectivity index (χ3n) is 4.88. The molecule has 1 atom stereocenters. The van der Waals surface area contributed by atoms with Gasteiger partial charge in [-0.2, -0.15) is 0 Å². The second-order valence-corrected chi connectivity index (χ2v) is 6.69. The lowest BCUT2D eigenvalue weighted by atomic mass is 9.81. The summed E-state index contributed by atoms with van der Waals surface area (Å²) in [6.45, 7) is 12.9. The molecule has 0 spiro atoms. The van der Waals surface area contributed by atoms with Crippen molar-refractivity contribution in [2.45, 2.75) is 72.6 Å². The first kappa shape index (κ1) is 19.5. The number of nitrogens with two attached hydrogens (primary N) is 1. The molecule has 1 unspecified atom stereocenters. The van der Waals surface area contributed by atoms with Gasteiger partial charge in [-0.25, -0.2) is 0 Å². The highest BCUT2D eigenvalue weighted by molar-refractivity contribution is 5.75. The lowest BCUT2D eigenvalue weighted by Gasteiger charge is -2.24. The van der Waals surface area contributed by atoms with E-state index >= 15 is 0 Å². The summed E-state index contributed by atoms with van der Waals surface area (Å²) in [6.07, 6.45) is 9.06. The van der Waals surface area contributed by atoms with Crippen LogP contribution in [-0.4, -0.2) is 0 Å². The molecule has 128 valence electrons. The molecule has 23 heavy (non-hydrogen) atoms. The quantitative estimate of drug-likeness (QED) is 0.381. The molecule has 1 nitrogen and oxygen atoms in total. The van der Waals surface area contributed by atoms with Crippen molar-refractivity contribution in [1.82, 2.24) is 0 Å². The Labute approximate surface area is 143 Å². The Bertz CT molecular complexity index is 525. The summed E-state index contributed by atoms with van der Waals surface area (Å²) in [6, 6.07) is 8.66. The van der Waals surface area contributed by atoms with E-state index in [2.05, 4.69) is 58.5 Å². The number of hydrogen-bond donors (Lipinski definition) is 1. The molecule has 0 saturated carbocycles. The van der Waals surface area contributed by atoms with Crippen LogP contribution in [0, 0.1) is 12.8 Å². The molecule has 0 saturated heterocycles. The molecule has 0 fully saturated rings. The van der Waals surface area contributed by atoms with E-state index in [1.165, 1.54) is 60.8 Å². The normalized spacial score (nSPS) is 13.6. The van der Waals surface area contributed by atoms with Gasteiger partial charge in [0, 0.05) is 5.70 Å². The average molecular weight is 314 g/mol. The fourth-order valence-electron chi connectivity index (χ4n) is 3.32. The number of benzene rings is 1. The van der Waals surface area contributed by atoms with Crippen LogP contribution in [0.3, 0.4) is 0 Å². The zero-order valence-electron chi connectivity index (χ0n) is 15.6. The third-order valence-corrected chi connectivity index (χ3v) is 4.88. The summed E-state index contributed by atoms with van der Waals surface area (Å²) in [4.78, 5) is 0. The van der Waals surface area contributed by atoms with Crippen LogP contribution < -0.4 is 5.73 Å². The monoisotopic (exact) mass is 313 g/mol. The van der Waals surface area contributed by atoms with E-state index in [4.69, 9.17) is 5.73 Å². The van der Waals surface area contributed by atoms with Crippen LogP contribution in [0.4, 0.5) is 0 Å². The molecule has 0 aliphatic heterocycles. The van der Waals surface area contributed by atoms with Gasteiger partial charge >= 0.3 is 0 Å². The van der Waals surface area contributed by atoms with Crippen molar-refractivity contribution in [3.63, 3.8) is 0 Å². The van der Waals surface area contributed by atoms with Crippen molar-refractivity contribution in [3.8, 4) is 0 Å². The Balaban J connectivity index is 3.02. The molecule has 0 bridgehead atoms. The van der Waals surface area contributed by atoms with Crippen molar-refractivity contribution in [1.29, 1.82) is 0 Å². The second kappa shape index (κ2) is 10.3. The molecular weight excluding hydrogens is 278 g/mol. The first-order valence-corrected chi connectivity index (χ1v) is 9.24. The highest BCUT2D eigenvalue weighted by Gasteiger charge is 2.18. The van der Waals surface area contributed by atoms with Crippen LogP contribution >= 0.6 is 0 Å². The minimum absolute atomic E-state index is 0.568. The highest BCUT2D eigenvalue weighted by Crippen LogP contribution is 2.35. The van der Waals surface area contributed by atoms with Gasteiger partial charge in [0.1, 0.15) is 0 Å². The number of hydrogen-bond acceptors (Lipinski definition) is 1. The predicted octanol–water partition coefficient (Wildman–Crippen LogP) is 6.63. The standard InChI is InChI=1S/C22H35N/c1-6-8-9-10-11-15-20(7-2)22(18(4)19(5)23)21-16-13-12-14-17(21)3/h12-14,16,20H,5-11,15,23H2,1-4H3/b22-18+.